The fourth-order valence-corrected chi connectivity index (χ4v) is 1.78. The summed E-state index contributed by atoms with van der Waals surface area (Å²) in [6.07, 6.45) is 4.08. The van der Waals surface area contributed by atoms with Gasteiger partial charge in [-0.1, -0.05) is 18.1 Å². The molecular formula is C9H17N5. The van der Waals surface area contributed by atoms with Crippen LogP contribution in [-0.2, 0) is 0 Å². The first kappa shape index (κ1) is 9.58. The molecule has 0 bridgehead atoms. The van der Waals surface area contributed by atoms with E-state index in [4.69, 9.17) is 0 Å². The summed E-state index contributed by atoms with van der Waals surface area (Å²) in [5, 5.41) is 17.4. The lowest BCUT2D eigenvalue weighted by Crippen LogP contribution is -2.30. The summed E-state index contributed by atoms with van der Waals surface area (Å²) in [7, 11) is 0. The van der Waals surface area contributed by atoms with Crippen molar-refractivity contribution in [3.8, 4) is 0 Å². The summed E-state index contributed by atoms with van der Waals surface area (Å²) in [5.74, 6) is 1.70. The Labute approximate surface area is 83.7 Å². The molecule has 2 atom stereocenters. The van der Waals surface area contributed by atoms with E-state index in [1.54, 1.807) is 0 Å². The summed E-state index contributed by atoms with van der Waals surface area (Å²) >= 11 is 0. The smallest absolute Gasteiger partial charge is 0.191 e. The molecule has 2 unspecified atom stereocenters. The second-order valence-electron chi connectivity index (χ2n) is 4.24. The predicted octanol–water partition coefficient (Wildman–Crippen LogP) is 1.04. The van der Waals surface area contributed by atoms with Crippen molar-refractivity contribution in [2.24, 2.45) is 5.92 Å². The van der Waals surface area contributed by atoms with Crippen LogP contribution in [0.4, 0.5) is 0 Å². The van der Waals surface area contributed by atoms with Crippen molar-refractivity contribution in [3.05, 3.63) is 5.82 Å². The van der Waals surface area contributed by atoms with E-state index in [-0.39, 0.29) is 6.04 Å². The molecule has 5 heteroatoms. The summed E-state index contributed by atoms with van der Waals surface area (Å²) in [6, 6.07) is 0.721. The first-order valence-electron chi connectivity index (χ1n) is 5.25. The zero-order valence-corrected chi connectivity index (χ0v) is 8.70. The Bertz CT molecular complexity index is 267. The molecule has 5 nitrogen and oxygen atoms in total. The number of hydrogen-bond donors (Lipinski definition) is 2. The highest BCUT2D eigenvalue weighted by atomic mass is 15.5. The lowest BCUT2D eigenvalue weighted by molar-refractivity contribution is 0.427. The molecule has 1 saturated carbocycles. The van der Waals surface area contributed by atoms with Gasteiger partial charge >= 0.3 is 0 Å². The van der Waals surface area contributed by atoms with Crippen LogP contribution in [0.5, 0.6) is 0 Å². The maximum atomic E-state index is 3.95. The number of aromatic nitrogens is 4. The third kappa shape index (κ3) is 2.51. The first-order chi connectivity index (χ1) is 6.75. The minimum atomic E-state index is 0.183. The third-order valence-corrected chi connectivity index (χ3v) is 2.67. The van der Waals surface area contributed by atoms with E-state index in [1.165, 1.54) is 19.3 Å². The summed E-state index contributed by atoms with van der Waals surface area (Å²) in [5.41, 5.74) is 0. The molecule has 1 heterocycles. The number of rotatable bonds is 5. The maximum Gasteiger partial charge on any atom is 0.191 e. The number of H-pyrrole nitrogens is 1. The van der Waals surface area contributed by atoms with Crippen LogP contribution in [-0.4, -0.2) is 26.7 Å². The van der Waals surface area contributed by atoms with Crippen LogP contribution < -0.4 is 5.32 Å². The minimum absolute atomic E-state index is 0.183. The van der Waals surface area contributed by atoms with Crippen LogP contribution in [0.3, 0.4) is 0 Å². The second kappa shape index (κ2) is 4.04. The van der Waals surface area contributed by atoms with Gasteiger partial charge in [0, 0.05) is 6.04 Å². The van der Waals surface area contributed by atoms with Gasteiger partial charge in [0.05, 0.1) is 6.04 Å². The number of nitrogens with one attached hydrogen (secondary N) is 2. The molecule has 2 rings (SSSR count). The largest absolute Gasteiger partial charge is 0.305 e. The summed E-state index contributed by atoms with van der Waals surface area (Å²) < 4.78 is 0. The van der Waals surface area contributed by atoms with Gasteiger partial charge in [0.25, 0.3) is 0 Å². The van der Waals surface area contributed by atoms with Crippen LogP contribution in [0, 0.1) is 5.92 Å². The molecule has 1 aromatic rings. The minimum Gasteiger partial charge on any atom is -0.305 e. The molecule has 0 aromatic carbocycles. The van der Waals surface area contributed by atoms with E-state index in [0.717, 1.165) is 11.7 Å². The molecule has 14 heavy (non-hydrogen) atoms. The molecule has 1 aliphatic rings. The van der Waals surface area contributed by atoms with Gasteiger partial charge in [-0.15, -0.1) is 10.2 Å². The maximum absolute atomic E-state index is 3.95. The second-order valence-corrected chi connectivity index (χ2v) is 4.24. The fourth-order valence-electron chi connectivity index (χ4n) is 1.78. The standard InChI is InChI=1S/C9H17N5/c1-6(5-8-3-4-8)10-7(2)9-11-13-14-12-9/h6-8,10H,3-5H2,1-2H3,(H,11,12,13,14). The van der Waals surface area contributed by atoms with Crippen LogP contribution >= 0.6 is 0 Å². The highest BCUT2D eigenvalue weighted by molar-refractivity contribution is 4.88. The highest BCUT2D eigenvalue weighted by Crippen LogP contribution is 2.33. The van der Waals surface area contributed by atoms with Crippen molar-refractivity contribution in [1.29, 1.82) is 0 Å². The van der Waals surface area contributed by atoms with Crippen molar-refractivity contribution in [2.45, 2.75) is 45.2 Å². The Balaban J connectivity index is 1.78. The first-order valence-corrected chi connectivity index (χ1v) is 5.25. The van der Waals surface area contributed by atoms with E-state index in [1.807, 2.05) is 0 Å². The van der Waals surface area contributed by atoms with Crippen LogP contribution in [0.25, 0.3) is 0 Å². The van der Waals surface area contributed by atoms with Crippen molar-refractivity contribution in [2.75, 3.05) is 0 Å². The molecule has 1 fully saturated rings. The van der Waals surface area contributed by atoms with E-state index >= 15 is 0 Å². The van der Waals surface area contributed by atoms with Crippen LogP contribution in [0.15, 0.2) is 0 Å². The molecule has 0 radical (unpaired) electrons. The van der Waals surface area contributed by atoms with Gasteiger partial charge in [-0.2, -0.15) is 5.21 Å². The van der Waals surface area contributed by atoms with E-state index in [9.17, 15) is 0 Å². The Kier molecular flexibility index (Phi) is 2.77. The third-order valence-electron chi connectivity index (χ3n) is 2.67. The normalized spacial score (nSPS) is 20.7. The average Bonchev–Trinajstić information content (AvgIpc) is 2.80. The Morgan fingerprint density at radius 1 is 1.50 bits per heavy atom. The quantitative estimate of drug-likeness (QED) is 0.736. The van der Waals surface area contributed by atoms with E-state index < -0.39 is 0 Å². The zero-order chi connectivity index (χ0) is 9.97. The Morgan fingerprint density at radius 3 is 2.86 bits per heavy atom. The molecule has 1 aromatic heterocycles. The summed E-state index contributed by atoms with van der Waals surface area (Å²) in [4.78, 5) is 0. The molecule has 0 saturated heterocycles. The fraction of sp³-hybridized carbons (Fsp3) is 0.889. The predicted molar refractivity (Wildman–Crippen MR) is 52.5 cm³/mol. The molecule has 0 amide bonds. The molecule has 78 valence electrons. The van der Waals surface area contributed by atoms with Gasteiger partial charge < -0.3 is 5.32 Å². The molecule has 0 aliphatic heterocycles. The molecular weight excluding hydrogens is 178 g/mol. The monoisotopic (exact) mass is 195 g/mol. The Hall–Kier alpha value is -0.970. The van der Waals surface area contributed by atoms with Gasteiger partial charge in [-0.3, -0.25) is 0 Å². The van der Waals surface area contributed by atoms with Crippen molar-refractivity contribution in [1.82, 2.24) is 25.9 Å². The number of nitrogens with zero attached hydrogens (tertiary/aromatic N) is 3. The molecule has 0 spiro atoms. The zero-order valence-electron chi connectivity index (χ0n) is 8.70. The average molecular weight is 195 g/mol. The van der Waals surface area contributed by atoms with Gasteiger partial charge in [0.1, 0.15) is 0 Å². The SMILES string of the molecule is CC(CC1CC1)NC(C)c1nn[nH]n1. The van der Waals surface area contributed by atoms with Gasteiger partial charge in [0.2, 0.25) is 0 Å². The van der Waals surface area contributed by atoms with Gasteiger partial charge in [-0.05, 0) is 26.2 Å². The van der Waals surface area contributed by atoms with Crippen molar-refractivity contribution >= 4 is 0 Å². The number of aromatic amines is 1. The lowest BCUT2D eigenvalue weighted by atomic mass is 10.1. The lowest BCUT2D eigenvalue weighted by Gasteiger charge is -2.16. The molecule has 2 N–H and O–H groups in total. The van der Waals surface area contributed by atoms with E-state index in [0.29, 0.717) is 6.04 Å². The summed E-state index contributed by atoms with van der Waals surface area (Å²) in [6.45, 7) is 4.28. The van der Waals surface area contributed by atoms with Gasteiger partial charge in [0.15, 0.2) is 5.82 Å². The van der Waals surface area contributed by atoms with E-state index in [2.05, 4.69) is 39.8 Å². The van der Waals surface area contributed by atoms with Crippen LogP contribution in [0.2, 0.25) is 0 Å². The Morgan fingerprint density at radius 2 is 2.29 bits per heavy atom. The van der Waals surface area contributed by atoms with Crippen molar-refractivity contribution < 1.29 is 0 Å². The van der Waals surface area contributed by atoms with Crippen molar-refractivity contribution in [3.63, 3.8) is 0 Å². The number of hydrogen-bond acceptors (Lipinski definition) is 4. The molecule has 1 aliphatic carbocycles. The topological polar surface area (TPSA) is 66.5 Å². The highest BCUT2D eigenvalue weighted by Gasteiger charge is 2.24. The van der Waals surface area contributed by atoms with Crippen LogP contribution in [0.1, 0.15) is 45.0 Å². The van der Waals surface area contributed by atoms with Gasteiger partial charge in [-0.25, -0.2) is 0 Å². The number of tetrazole rings is 1.